The first-order chi connectivity index (χ1) is 29.0. The van der Waals surface area contributed by atoms with Gasteiger partial charge in [-0.3, -0.25) is 0 Å². The molecule has 0 fully saturated rings. The Labute approximate surface area is 343 Å². The standard InChI is InChI=1S/C57H39NO/c1-57(2)49-27-14-12-26-45(49)46-32-31-39(35-50(46)57)58(51-28-15-13-22-41(51)36-17-4-3-5-18-36)52-29-16-30-53-55(52)48-34-38-20-7-9-23-42(38)54(56(48)59-53)47-33-37-19-6-8-21-40(37)43-24-10-11-25-44(43)47/h3-35H,1-2H3. The van der Waals surface area contributed by atoms with Gasteiger partial charge in [0, 0.05) is 27.6 Å². The molecule has 0 atom stereocenters. The van der Waals surface area contributed by atoms with E-state index in [4.69, 9.17) is 4.42 Å². The molecule has 0 unspecified atom stereocenters. The number of fused-ring (bicyclic) bond motifs is 10. The lowest BCUT2D eigenvalue weighted by Crippen LogP contribution is -2.17. The lowest BCUT2D eigenvalue weighted by atomic mass is 9.82. The Morgan fingerprint density at radius 1 is 0.407 bits per heavy atom. The molecule has 1 aromatic heterocycles. The fourth-order valence-electron chi connectivity index (χ4n) is 10.1. The molecule has 1 aliphatic rings. The maximum absolute atomic E-state index is 7.21. The Morgan fingerprint density at radius 3 is 1.86 bits per heavy atom. The lowest BCUT2D eigenvalue weighted by molar-refractivity contribution is 0.660. The van der Waals surface area contributed by atoms with Crippen LogP contribution in [0.4, 0.5) is 17.1 Å². The Morgan fingerprint density at radius 2 is 1.03 bits per heavy atom. The van der Waals surface area contributed by atoms with Gasteiger partial charge in [-0.25, -0.2) is 0 Å². The molecule has 0 N–H and O–H groups in total. The molecule has 0 spiro atoms. The van der Waals surface area contributed by atoms with Crippen molar-refractivity contribution in [1.29, 1.82) is 0 Å². The van der Waals surface area contributed by atoms with Crippen molar-refractivity contribution >= 4 is 71.3 Å². The summed E-state index contributed by atoms with van der Waals surface area (Å²) in [6.45, 7) is 4.72. The zero-order valence-electron chi connectivity index (χ0n) is 32.9. The molecule has 0 saturated carbocycles. The van der Waals surface area contributed by atoms with Crippen LogP contribution in [-0.2, 0) is 5.41 Å². The van der Waals surface area contributed by atoms with Crippen LogP contribution >= 0.6 is 0 Å². The number of para-hydroxylation sites is 1. The number of hydrogen-bond donors (Lipinski definition) is 0. The van der Waals surface area contributed by atoms with Crippen molar-refractivity contribution in [2.75, 3.05) is 4.90 Å². The minimum Gasteiger partial charge on any atom is -0.455 e. The van der Waals surface area contributed by atoms with Crippen LogP contribution in [0.5, 0.6) is 0 Å². The number of nitrogens with zero attached hydrogens (tertiary/aromatic N) is 1. The highest BCUT2D eigenvalue weighted by molar-refractivity contribution is 6.25. The van der Waals surface area contributed by atoms with E-state index in [1.807, 2.05) is 0 Å². The van der Waals surface area contributed by atoms with E-state index in [1.165, 1.54) is 65.7 Å². The maximum Gasteiger partial charge on any atom is 0.143 e. The van der Waals surface area contributed by atoms with Crippen molar-refractivity contribution in [1.82, 2.24) is 0 Å². The van der Waals surface area contributed by atoms with Gasteiger partial charge in [-0.05, 0) is 108 Å². The summed E-state index contributed by atoms with van der Waals surface area (Å²) in [6, 6.07) is 73.1. The van der Waals surface area contributed by atoms with E-state index in [1.54, 1.807) is 0 Å². The summed E-state index contributed by atoms with van der Waals surface area (Å²) in [5, 5.41) is 9.45. The molecule has 0 saturated heterocycles. The fourth-order valence-corrected chi connectivity index (χ4v) is 10.1. The smallest absolute Gasteiger partial charge is 0.143 e. The Balaban J connectivity index is 1.18. The molecular formula is C57H39NO. The van der Waals surface area contributed by atoms with Crippen LogP contribution in [0.2, 0.25) is 0 Å². The molecule has 0 aliphatic heterocycles. The molecular weight excluding hydrogens is 715 g/mol. The summed E-state index contributed by atoms with van der Waals surface area (Å²) in [5.74, 6) is 0. The van der Waals surface area contributed by atoms with E-state index in [9.17, 15) is 0 Å². The average molecular weight is 754 g/mol. The Hall–Kier alpha value is -7.42. The first-order valence-corrected chi connectivity index (χ1v) is 20.5. The van der Waals surface area contributed by atoms with E-state index in [0.29, 0.717) is 0 Å². The highest BCUT2D eigenvalue weighted by atomic mass is 16.3. The number of hydrogen-bond acceptors (Lipinski definition) is 2. The molecule has 2 heteroatoms. The van der Waals surface area contributed by atoms with Crippen molar-refractivity contribution in [3.05, 3.63) is 211 Å². The highest BCUT2D eigenvalue weighted by Crippen LogP contribution is 2.53. The minimum absolute atomic E-state index is 0.155. The van der Waals surface area contributed by atoms with Crippen LogP contribution in [-0.4, -0.2) is 0 Å². The number of rotatable bonds is 5. The summed E-state index contributed by atoms with van der Waals surface area (Å²) >= 11 is 0. The largest absolute Gasteiger partial charge is 0.455 e. The summed E-state index contributed by atoms with van der Waals surface area (Å²) < 4.78 is 7.21. The molecule has 1 aliphatic carbocycles. The third-order valence-electron chi connectivity index (χ3n) is 12.8. The van der Waals surface area contributed by atoms with Gasteiger partial charge in [0.1, 0.15) is 11.2 Å². The van der Waals surface area contributed by atoms with Gasteiger partial charge in [0.2, 0.25) is 0 Å². The summed E-state index contributed by atoms with van der Waals surface area (Å²) in [7, 11) is 0. The molecule has 278 valence electrons. The normalized spacial score (nSPS) is 13.1. The van der Waals surface area contributed by atoms with Gasteiger partial charge in [-0.15, -0.1) is 0 Å². The second-order valence-electron chi connectivity index (χ2n) is 16.4. The van der Waals surface area contributed by atoms with Gasteiger partial charge in [0.05, 0.1) is 16.8 Å². The molecule has 2 nitrogen and oxygen atoms in total. The maximum atomic E-state index is 7.21. The molecule has 59 heavy (non-hydrogen) atoms. The molecule has 0 radical (unpaired) electrons. The van der Waals surface area contributed by atoms with Crippen LogP contribution in [0.25, 0.3) is 87.6 Å². The van der Waals surface area contributed by atoms with Gasteiger partial charge in [-0.1, -0.05) is 172 Å². The highest BCUT2D eigenvalue weighted by Gasteiger charge is 2.36. The molecule has 0 bridgehead atoms. The van der Waals surface area contributed by atoms with Gasteiger partial charge in [0.15, 0.2) is 0 Å². The predicted molar refractivity (Wildman–Crippen MR) is 249 cm³/mol. The van der Waals surface area contributed by atoms with Crippen LogP contribution in [0.1, 0.15) is 25.0 Å². The van der Waals surface area contributed by atoms with E-state index in [-0.39, 0.29) is 5.41 Å². The third kappa shape index (κ3) is 5.00. The quantitative estimate of drug-likeness (QED) is 0.163. The average Bonchev–Trinajstić information content (AvgIpc) is 3.77. The lowest BCUT2D eigenvalue weighted by Gasteiger charge is -2.30. The summed E-state index contributed by atoms with van der Waals surface area (Å²) in [5.41, 5.74) is 14.8. The van der Waals surface area contributed by atoms with Crippen LogP contribution in [0.15, 0.2) is 205 Å². The molecule has 10 aromatic carbocycles. The van der Waals surface area contributed by atoms with Crippen molar-refractivity contribution < 1.29 is 4.42 Å². The van der Waals surface area contributed by atoms with E-state index >= 15 is 0 Å². The molecule has 11 aromatic rings. The van der Waals surface area contributed by atoms with E-state index in [0.717, 1.165) is 50.1 Å². The summed E-state index contributed by atoms with van der Waals surface area (Å²) in [6.07, 6.45) is 0. The first-order valence-electron chi connectivity index (χ1n) is 20.5. The van der Waals surface area contributed by atoms with Gasteiger partial charge in [-0.2, -0.15) is 0 Å². The number of benzene rings is 10. The molecule has 12 rings (SSSR count). The second kappa shape index (κ2) is 12.8. The third-order valence-corrected chi connectivity index (χ3v) is 12.8. The number of anilines is 3. The van der Waals surface area contributed by atoms with Gasteiger partial charge >= 0.3 is 0 Å². The monoisotopic (exact) mass is 753 g/mol. The van der Waals surface area contributed by atoms with Crippen molar-refractivity contribution in [3.63, 3.8) is 0 Å². The van der Waals surface area contributed by atoms with Crippen LogP contribution in [0, 0.1) is 0 Å². The fraction of sp³-hybridized carbons (Fsp3) is 0.0526. The van der Waals surface area contributed by atoms with E-state index < -0.39 is 0 Å². The minimum atomic E-state index is -0.155. The number of furan rings is 1. The van der Waals surface area contributed by atoms with Crippen molar-refractivity contribution in [3.8, 4) is 33.4 Å². The Bertz CT molecular complexity index is 3480. The zero-order valence-corrected chi connectivity index (χ0v) is 32.9. The van der Waals surface area contributed by atoms with Crippen molar-refractivity contribution in [2.45, 2.75) is 19.3 Å². The second-order valence-corrected chi connectivity index (χ2v) is 16.4. The predicted octanol–water partition coefficient (Wildman–Crippen LogP) is 16.2. The van der Waals surface area contributed by atoms with Crippen molar-refractivity contribution in [2.24, 2.45) is 0 Å². The Kier molecular flexibility index (Phi) is 7.31. The van der Waals surface area contributed by atoms with Gasteiger partial charge in [0.25, 0.3) is 0 Å². The van der Waals surface area contributed by atoms with Gasteiger partial charge < -0.3 is 9.32 Å². The molecule has 0 amide bonds. The van der Waals surface area contributed by atoms with E-state index in [2.05, 4.69) is 219 Å². The summed E-state index contributed by atoms with van der Waals surface area (Å²) in [4.78, 5) is 2.47. The van der Waals surface area contributed by atoms with Crippen LogP contribution < -0.4 is 4.90 Å². The topological polar surface area (TPSA) is 16.4 Å². The first kappa shape index (κ1) is 33.7. The molecule has 1 heterocycles. The zero-order chi connectivity index (χ0) is 39.2. The van der Waals surface area contributed by atoms with Crippen LogP contribution in [0.3, 0.4) is 0 Å². The SMILES string of the molecule is CC1(C)c2ccccc2-c2ccc(N(c3ccccc3-c3ccccc3)c3cccc4oc5c(-c6cc7ccccc7c7ccccc67)c6ccccc6cc5c34)cc21.